The highest BCUT2D eigenvalue weighted by Crippen LogP contribution is 2.52. The van der Waals surface area contributed by atoms with Crippen LogP contribution < -0.4 is 9.47 Å². The van der Waals surface area contributed by atoms with E-state index in [0.717, 1.165) is 11.1 Å². The fraction of sp³-hybridized carbons (Fsp3) is 0.240. The third-order valence-corrected chi connectivity index (χ3v) is 6.47. The molecule has 0 radical (unpaired) electrons. The Labute approximate surface area is 193 Å². The van der Waals surface area contributed by atoms with Gasteiger partial charge in [-0.2, -0.15) is 0 Å². The van der Waals surface area contributed by atoms with Gasteiger partial charge in [0.05, 0.1) is 16.1 Å². The number of aromatic nitrogens is 1. The molecule has 1 fully saturated rings. The summed E-state index contributed by atoms with van der Waals surface area (Å²) in [6, 6.07) is 13.3. The largest absolute Gasteiger partial charge is 0.586 e. The molecule has 5 nitrogen and oxygen atoms in total. The van der Waals surface area contributed by atoms with E-state index in [1.807, 2.05) is 13.0 Å². The number of carbonyl (C=O) groups is 2. The molecule has 2 aromatic carbocycles. The van der Waals surface area contributed by atoms with Crippen molar-refractivity contribution in [1.29, 1.82) is 0 Å². The van der Waals surface area contributed by atoms with Crippen LogP contribution in [0.5, 0.6) is 11.5 Å². The summed E-state index contributed by atoms with van der Waals surface area (Å²) in [7, 11) is 0. The van der Waals surface area contributed by atoms with Crippen molar-refractivity contribution in [2.24, 2.45) is 0 Å². The number of ketones is 1. The Kier molecular flexibility index (Phi) is 4.97. The van der Waals surface area contributed by atoms with Crippen molar-refractivity contribution in [2.45, 2.75) is 37.9 Å². The Bertz CT molecular complexity index is 1300. The lowest BCUT2D eigenvalue weighted by molar-refractivity contribution is -0.286. The van der Waals surface area contributed by atoms with Gasteiger partial charge in [0, 0.05) is 23.2 Å². The molecule has 2 aliphatic rings. The predicted molar refractivity (Wildman–Crippen MR) is 117 cm³/mol. The van der Waals surface area contributed by atoms with E-state index in [4.69, 9.17) is 11.6 Å². The van der Waals surface area contributed by atoms with Gasteiger partial charge in [-0.1, -0.05) is 29.8 Å². The lowest BCUT2D eigenvalue weighted by Gasteiger charge is -2.16. The summed E-state index contributed by atoms with van der Waals surface area (Å²) in [4.78, 5) is 29.2. The molecule has 1 aliphatic heterocycles. The van der Waals surface area contributed by atoms with Crippen molar-refractivity contribution in [3.05, 3.63) is 75.9 Å². The van der Waals surface area contributed by atoms with Crippen LogP contribution in [0.2, 0.25) is 5.02 Å². The highest BCUT2D eigenvalue weighted by molar-refractivity contribution is 6.33. The monoisotopic (exact) mass is 469 g/mol. The quantitative estimate of drug-likeness (QED) is 0.434. The van der Waals surface area contributed by atoms with Crippen LogP contribution in [0.15, 0.2) is 48.5 Å². The van der Waals surface area contributed by atoms with E-state index in [-0.39, 0.29) is 23.7 Å². The molecular formula is C25H18ClF2NO4. The van der Waals surface area contributed by atoms with Crippen LogP contribution in [0.25, 0.3) is 11.3 Å². The number of benzene rings is 2. The van der Waals surface area contributed by atoms with Crippen LogP contribution in [0.1, 0.15) is 40.0 Å². The van der Waals surface area contributed by atoms with Crippen LogP contribution >= 0.6 is 11.6 Å². The Morgan fingerprint density at radius 2 is 1.85 bits per heavy atom. The Morgan fingerprint density at radius 1 is 1.09 bits per heavy atom. The van der Waals surface area contributed by atoms with E-state index in [2.05, 4.69) is 14.5 Å². The molecule has 3 aromatic rings. The Balaban J connectivity index is 1.41. The number of hydrogen-bond donors (Lipinski definition) is 0. The molecular weight excluding hydrogens is 452 g/mol. The van der Waals surface area contributed by atoms with Gasteiger partial charge in [-0.3, -0.25) is 14.6 Å². The first-order chi connectivity index (χ1) is 15.7. The summed E-state index contributed by atoms with van der Waals surface area (Å²) in [6.07, 6.45) is -1.67. The zero-order chi connectivity index (χ0) is 23.4. The first kappa shape index (κ1) is 21.5. The van der Waals surface area contributed by atoms with Gasteiger partial charge in [-0.25, -0.2) is 0 Å². The van der Waals surface area contributed by atoms with Crippen molar-refractivity contribution < 1.29 is 27.8 Å². The number of alkyl halides is 2. The lowest BCUT2D eigenvalue weighted by atomic mass is 9.88. The second-order valence-corrected chi connectivity index (χ2v) is 8.74. The summed E-state index contributed by atoms with van der Waals surface area (Å²) in [5.41, 5.74) is 3.12. The van der Waals surface area contributed by atoms with Crippen molar-refractivity contribution in [3.63, 3.8) is 0 Å². The van der Waals surface area contributed by atoms with Gasteiger partial charge in [-0.05, 0) is 61.2 Å². The van der Waals surface area contributed by atoms with Crippen molar-refractivity contribution >= 4 is 23.7 Å². The zero-order valence-corrected chi connectivity index (χ0v) is 18.3. The van der Waals surface area contributed by atoms with E-state index in [1.165, 1.54) is 12.1 Å². The molecule has 5 rings (SSSR count). The van der Waals surface area contributed by atoms with Crippen molar-refractivity contribution in [2.75, 3.05) is 0 Å². The summed E-state index contributed by atoms with van der Waals surface area (Å²) >= 11 is 6.04. The zero-order valence-electron chi connectivity index (χ0n) is 17.5. The molecule has 1 aliphatic carbocycles. The van der Waals surface area contributed by atoms with Gasteiger partial charge in [0.1, 0.15) is 5.78 Å². The summed E-state index contributed by atoms with van der Waals surface area (Å²) < 4.78 is 35.7. The number of Topliss-reactive ketones (excluding diaryl/α,β-unsaturated/α-hetero) is 1. The maximum Gasteiger partial charge on any atom is 0.586 e. The summed E-state index contributed by atoms with van der Waals surface area (Å²) in [5.74, 6) is -0.157. The van der Waals surface area contributed by atoms with E-state index < -0.39 is 11.7 Å². The first-order valence-electron chi connectivity index (χ1n) is 10.4. The molecule has 0 N–H and O–H groups in total. The van der Waals surface area contributed by atoms with Gasteiger partial charge in [0.2, 0.25) is 0 Å². The van der Waals surface area contributed by atoms with Gasteiger partial charge in [0.15, 0.2) is 17.8 Å². The second kappa shape index (κ2) is 7.63. The Hall–Kier alpha value is -3.32. The van der Waals surface area contributed by atoms with Crippen LogP contribution in [0.3, 0.4) is 0 Å². The van der Waals surface area contributed by atoms with Crippen LogP contribution in [-0.4, -0.2) is 23.3 Å². The molecule has 168 valence electrons. The summed E-state index contributed by atoms with van der Waals surface area (Å²) in [6.45, 7) is 1.90. The minimum Gasteiger partial charge on any atom is -0.395 e. The molecule has 1 aromatic heterocycles. The van der Waals surface area contributed by atoms with Crippen LogP contribution in [-0.2, 0) is 16.6 Å². The van der Waals surface area contributed by atoms with Crippen LogP contribution in [0, 0.1) is 6.92 Å². The van der Waals surface area contributed by atoms with Gasteiger partial charge < -0.3 is 9.47 Å². The number of hydrogen-bond acceptors (Lipinski definition) is 5. The normalized spacial score (nSPS) is 17.0. The topological polar surface area (TPSA) is 65.5 Å². The second-order valence-electron chi connectivity index (χ2n) is 8.33. The molecule has 0 saturated heterocycles. The predicted octanol–water partition coefficient (Wildman–Crippen LogP) is 5.69. The Morgan fingerprint density at radius 3 is 2.58 bits per heavy atom. The number of aryl methyl sites for hydroxylation is 1. The van der Waals surface area contributed by atoms with Gasteiger partial charge >= 0.3 is 6.29 Å². The van der Waals surface area contributed by atoms with Crippen LogP contribution in [0.4, 0.5) is 8.78 Å². The standard InChI is InChI=1S/C25H18ClF2NO4/c1-14-2-5-18(29-23(14)15-3-6-19(26)16(10-15)13-30)12-22(31)24(8-9-24)17-4-7-20-21(11-17)33-25(27,28)32-20/h2-7,10-11,13H,8-9,12H2,1H3. The number of pyridine rings is 1. The number of nitrogens with zero attached hydrogens (tertiary/aromatic N) is 1. The number of fused-ring (bicyclic) bond motifs is 1. The molecule has 8 heteroatoms. The lowest BCUT2D eigenvalue weighted by Crippen LogP contribution is -2.26. The molecule has 0 spiro atoms. The van der Waals surface area contributed by atoms with E-state index in [9.17, 15) is 18.4 Å². The van der Waals surface area contributed by atoms with E-state index >= 15 is 0 Å². The van der Waals surface area contributed by atoms with Crippen molar-refractivity contribution in [1.82, 2.24) is 4.98 Å². The fourth-order valence-corrected chi connectivity index (χ4v) is 4.34. The third-order valence-electron chi connectivity index (χ3n) is 6.13. The minimum absolute atomic E-state index is 0.0416. The number of ether oxygens (including phenoxy) is 2. The van der Waals surface area contributed by atoms with E-state index in [1.54, 1.807) is 30.3 Å². The molecule has 0 amide bonds. The molecule has 0 bridgehead atoms. The van der Waals surface area contributed by atoms with Gasteiger partial charge in [-0.15, -0.1) is 8.78 Å². The van der Waals surface area contributed by atoms with Crippen molar-refractivity contribution in [3.8, 4) is 22.8 Å². The molecule has 1 saturated carbocycles. The SMILES string of the molecule is Cc1ccc(CC(=O)C2(c3ccc4c(c3)OC(F)(F)O4)CC2)nc1-c1ccc(Cl)c(C=O)c1. The maximum absolute atomic E-state index is 13.4. The first-order valence-corrected chi connectivity index (χ1v) is 10.7. The summed E-state index contributed by atoms with van der Waals surface area (Å²) in [5, 5.41) is 0.356. The highest BCUT2D eigenvalue weighted by Gasteiger charge is 2.52. The number of rotatable bonds is 6. The average molecular weight is 470 g/mol. The van der Waals surface area contributed by atoms with E-state index in [0.29, 0.717) is 46.7 Å². The van der Waals surface area contributed by atoms with Gasteiger partial charge in [0.25, 0.3) is 0 Å². The third kappa shape index (κ3) is 3.86. The smallest absolute Gasteiger partial charge is 0.395 e. The number of carbonyl (C=O) groups excluding carboxylic acids is 2. The highest BCUT2D eigenvalue weighted by atomic mass is 35.5. The minimum atomic E-state index is -3.70. The maximum atomic E-state index is 13.4. The molecule has 33 heavy (non-hydrogen) atoms. The number of halogens is 3. The molecule has 0 atom stereocenters. The fourth-order valence-electron chi connectivity index (χ4n) is 4.18. The average Bonchev–Trinajstić information content (AvgIpc) is 3.52. The molecule has 0 unspecified atom stereocenters. The molecule has 2 heterocycles. The number of aldehydes is 1.